The van der Waals surface area contributed by atoms with Crippen molar-refractivity contribution in [3.63, 3.8) is 0 Å². The SMILES string of the molecule is CCOC(=O)C1CCCN(C2CCC(CN)(c3cccc(Cl)c3)CC2)C1.Cc1cccc(C2(CN)CCC(N3CCn4c(nnc4C(F)(F)F)C3)CC2)c1.Cc1cccc(C2(CN)CCC(N3CCn4c(nnc4C(F)(F)F)C3)CC2)c1.NCC1(c2cccc(Cl)c2)CCC(N2CCNCC2)CC1.NCC1(c2cccc(Cl)c2)CCC(NCCc2ccccc2)CC1. The summed E-state index contributed by atoms with van der Waals surface area (Å²) >= 11 is 18.6. The monoisotopic (exact) mass is 1810 g/mol. The van der Waals surface area contributed by atoms with Crippen LogP contribution in [0.15, 0.2) is 152 Å². The van der Waals surface area contributed by atoms with Crippen LogP contribution in [0, 0.1) is 19.8 Å². The Hall–Kier alpha value is -6.92. The third-order valence-electron chi connectivity index (χ3n) is 30.2. The van der Waals surface area contributed by atoms with Crippen LogP contribution in [0.25, 0.3) is 0 Å². The van der Waals surface area contributed by atoms with Crippen molar-refractivity contribution in [2.75, 3.05) is 98.2 Å². The first-order valence-corrected chi connectivity index (χ1v) is 47.8. The van der Waals surface area contributed by atoms with Gasteiger partial charge in [-0.25, -0.2) is 0 Å². The van der Waals surface area contributed by atoms with Crippen molar-refractivity contribution in [2.24, 2.45) is 34.6 Å². The summed E-state index contributed by atoms with van der Waals surface area (Å²) in [7, 11) is 0. The van der Waals surface area contributed by atoms with Crippen LogP contribution in [0.2, 0.25) is 15.1 Å². The molecule has 0 amide bonds. The van der Waals surface area contributed by atoms with E-state index in [1.807, 2.05) is 37.3 Å². The third-order valence-corrected chi connectivity index (χ3v) is 30.9. The number of likely N-dealkylation sites (tertiary alicyclic amines) is 1. The summed E-state index contributed by atoms with van der Waals surface area (Å²) < 4.78 is 85.8. The fraction of sp³-hybridized carbons (Fsp3) is 0.586. The van der Waals surface area contributed by atoms with Gasteiger partial charge in [0.05, 0.1) is 25.6 Å². The minimum Gasteiger partial charge on any atom is -0.466 e. The number of benzene rings is 6. The van der Waals surface area contributed by atoms with Gasteiger partial charge >= 0.3 is 18.3 Å². The van der Waals surface area contributed by atoms with Gasteiger partial charge in [0.15, 0.2) is 0 Å². The Kier molecular flexibility index (Phi) is 34.2. The molecule has 1 unspecified atom stereocenters. The molecule has 8 aromatic rings. The molecule has 17 rings (SSSR count). The summed E-state index contributed by atoms with van der Waals surface area (Å²) in [5.41, 5.74) is 41.7. The predicted molar refractivity (Wildman–Crippen MR) is 496 cm³/mol. The zero-order valence-corrected chi connectivity index (χ0v) is 76.9. The second-order valence-corrected chi connectivity index (χ2v) is 38.9. The molecule has 4 aliphatic heterocycles. The molecule has 2 aromatic heterocycles. The summed E-state index contributed by atoms with van der Waals surface area (Å²) in [6.45, 7) is 20.1. The van der Waals surface area contributed by atoms with Gasteiger partial charge in [0.25, 0.3) is 0 Å². The van der Waals surface area contributed by atoms with Gasteiger partial charge in [-0.05, 0) is 251 Å². The van der Waals surface area contributed by atoms with Crippen molar-refractivity contribution in [1.82, 2.24) is 59.8 Å². The number of halogens is 9. The predicted octanol–water partition coefficient (Wildman–Crippen LogP) is 17.0. The first kappa shape index (κ1) is 97.6. The van der Waals surface area contributed by atoms with Crippen molar-refractivity contribution in [2.45, 2.75) is 264 Å². The molecule has 28 heteroatoms. The molecule has 1 atom stereocenters. The number of nitrogens with one attached hydrogen (secondary N) is 2. The van der Waals surface area contributed by atoms with E-state index in [-0.39, 0.29) is 52.1 Å². The highest BCUT2D eigenvalue weighted by Gasteiger charge is 2.47. The average Bonchev–Trinajstić information content (AvgIpc) is 1.73. The lowest BCUT2D eigenvalue weighted by atomic mass is 9.67. The lowest BCUT2D eigenvalue weighted by Gasteiger charge is -2.45. The van der Waals surface area contributed by atoms with Crippen molar-refractivity contribution in [3.05, 3.63) is 235 Å². The van der Waals surface area contributed by atoms with Gasteiger partial charge in [-0.2, -0.15) is 26.3 Å². The molecule has 0 spiro atoms. The number of nitrogens with two attached hydrogens (primary N) is 5. The first-order chi connectivity index (χ1) is 61.2. The Morgan fingerprint density at radius 2 is 0.803 bits per heavy atom. The highest BCUT2D eigenvalue weighted by Crippen LogP contribution is 2.47. The van der Waals surface area contributed by atoms with Gasteiger partial charge < -0.3 is 53.2 Å². The molecule has 692 valence electrons. The van der Waals surface area contributed by atoms with Gasteiger partial charge in [0, 0.05) is 164 Å². The van der Waals surface area contributed by atoms with Gasteiger partial charge in [0.1, 0.15) is 11.6 Å². The van der Waals surface area contributed by atoms with Crippen molar-refractivity contribution in [1.29, 1.82) is 0 Å². The van der Waals surface area contributed by atoms with Gasteiger partial charge in [0.2, 0.25) is 11.6 Å². The smallest absolute Gasteiger partial charge is 0.451 e. The molecular formula is C99H136Cl3F6N17O2. The standard InChI is InChI=1S/C21H31ClN2O2.C21H27ClN2.2C20H26F3N5.C17H26ClN3/c1-2-26-20(25)16-5-4-12-24(14-16)19-8-10-21(15-23,11-9-19)17-6-3-7-18(22)13-17;22-19-8-4-7-18(15-19)21(16-23)12-9-20(10-13-21)24-14-11-17-5-2-1-3-6-17;2*1-14-3-2-4-15(11-14)19(13-24)7-5-16(6-8-19)27-9-10-28-17(12-27)25-26-18(28)20(21,22)23;18-15-3-1-2-14(12-15)17(13-19)6-4-16(5-7-17)21-10-8-20-9-11-21/h3,6-7,13,16,19H,2,4-5,8-12,14-15,23H2,1H3;1-8,15,20,24H,9-14,16,23H2;2*2-4,11,16H,5-10,12-13,24H2,1H3;1-3,12,16,20H,4-11,13,19H2. The lowest BCUT2D eigenvalue weighted by Crippen LogP contribution is -2.51. The average molecular weight is 1820 g/mol. The maximum absolute atomic E-state index is 13.0. The van der Waals surface area contributed by atoms with E-state index in [9.17, 15) is 31.1 Å². The molecular weight excluding hydrogens is 1680 g/mol. The minimum absolute atomic E-state index is 0.00177. The molecule has 19 nitrogen and oxygen atoms in total. The minimum atomic E-state index is -4.45. The van der Waals surface area contributed by atoms with E-state index in [0.29, 0.717) is 94.8 Å². The van der Waals surface area contributed by atoms with Crippen LogP contribution in [0.3, 0.4) is 0 Å². The Morgan fingerprint density at radius 1 is 0.441 bits per heavy atom. The van der Waals surface area contributed by atoms with Crippen LogP contribution >= 0.6 is 34.8 Å². The molecule has 127 heavy (non-hydrogen) atoms. The fourth-order valence-corrected chi connectivity index (χ4v) is 22.8. The number of fused-ring (bicyclic) bond motifs is 2. The van der Waals surface area contributed by atoms with Crippen LogP contribution in [-0.4, -0.2) is 184 Å². The van der Waals surface area contributed by atoms with E-state index in [2.05, 4.69) is 186 Å². The van der Waals surface area contributed by atoms with E-state index in [4.69, 9.17) is 68.2 Å². The molecule has 6 heterocycles. The molecule has 5 aliphatic carbocycles. The molecule has 12 N–H and O–H groups in total. The zero-order valence-electron chi connectivity index (χ0n) is 74.7. The number of alkyl halides is 6. The van der Waals surface area contributed by atoms with E-state index in [1.54, 1.807) is 0 Å². The highest BCUT2D eigenvalue weighted by atomic mass is 35.5. The molecule has 7 fully saturated rings. The molecule has 6 aromatic carbocycles. The molecule has 2 saturated heterocycles. The molecule has 0 radical (unpaired) electrons. The van der Waals surface area contributed by atoms with E-state index < -0.39 is 24.0 Å². The van der Waals surface area contributed by atoms with Gasteiger partial charge in [-0.15, -0.1) is 20.4 Å². The number of piperazine rings is 1. The largest absolute Gasteiger partial charge is 0.466 e. The maximum atomic E-state index is 13.0. The Bertz CT molecular complexity index is 4620. The lowest BCUT2D eigenvalue weighted by molar-refractivity contribution is -0.150. The quantitative estimate of drug-likeness (QED) is 0.0277. The second-order valence-electron chi connectivity index (χ2n) is 37.6. The van der Waals surface area contributed by atoms with Crippen LogP contribution in [0.5, 0.6) is 0 Å². The fourth-order valence-electron chi connectivity index (χ4n) is 22.2. The van der Waals surface area contributed by atoms with Crippen LogP contribution in [0.4, 0.5) is 26.3 Å². The highest BCUT2D eigenvalue weighted by molar-refractivity contribution is 6.31. The number of nitrogens with zero attached hydrogens (tertiary/aromatic N) is 10. The Morgan fingerprint density at radius 3 is 1.17 bits per heavy atom. The second kappa shape index (κ2) is 44.5. The number of hydrogen-bond acceptors (Lipinski definition) is 17. The number of rotatable bonds is 20. The third kappa shape index (κ3) is 24.3. The summed E-state index contributed by atoms with van der Waals surface area (Å²) in [6, 6.07) is 55.2. The summed E-state index contributed by atoms with van der Waals surface area (Å²) in [6.07, 6.45) is 16.1. The summed E-state index contributed by atoms with van der Waals surface area (Å²) in [5.74, 6) is -0.929. The molecule has 9 aliphatic rings. The topological polar surface area (TPSA) is 255 Å². The zero-order chi connectivity index (χ0) is 90.0. The number of carbonyl (C=O) groups is 1. The summed E-state index contributed by atoms with van der Waals surface area (Å²) in [4.78, 5) is 21.8. The molecule has 5 saturated carbocycles. The maximum Gasteiger partial charge on any atom is 0.451 e. The van der Waals surface area contributed by atoms with E-state index >= 15 is 0 Å². The first-order valence-electron chi connectivity index (χ1n) is 46.7. The Balaban J connectivity index is 0.000000136. The number of ether oxygens (including phenoxy) is 1. The van der Waals surface area contributed by atoms with Gasteiger partial charge in [-0.3, -0.25) is 24.4 Å². The van der Waals surface area contributed by atoms with Crippen molar-refractivity contribution < 1.29 is 35.9 Å². The number of piperidine rings is 1. The van der Waals surface area contributed by atoms with E-state index in [0.717, 1.165) is 170 Å². The van der Waals surface area contributed by atoms with Crippen molar-refractivity contribution >= 4 is 40.8 Å². The molecule has 0 bridgehead atoms. The van der Waals surface area contributed by atoms with Crippen LogP contribution < -0.4 is 39.3 Å². The number of carbonyl (C=O) groups excluding carboxylic acids is 1. The Labute approximate surface area is 763 Å². The van der Waals surface area contributed by atoms with Gasteiger partial charge in [-0.1, -0.05) is 161 Å². The number of hydrogen-bond donors (Lipinski definition) is 7. The number of esters is 1. The van der Waals surface area contributed by atoms with Crippen LogP contribution in [-0.2, 0) is 81.6 Å². The number of aryl methyl sites for hydroxylation is 2. The van der Waals surface area contributed by atoms with Crippen LogP contribution in [0.1, 0.15) is 216 Å². The van der Waals surface area contributed by atoms with E-state index in [1.165, 1.54) is 105 Å². The number of aromatic nitrogens is 6. The normalized spacial score (nSPS) is 27.4. The van der Waals surface area contributed by atoms with Crippen molar-refractivity contribution in [3.8, 4) is 0 Å². The summed E-state index contributed by atoms with van der Waals surface area (Å²) in [5, 5.41) is 23.9.